The molecule has 1 unspecified atom stereocenters. The zero-order chi connectivity index (χ0) is 18.9. The van der Waals surface area contributed by atoms with Crippen LogP contribution in [-0.2, 0) is 4.79 Å². The topological polar surface area (TPSA) is 66.0 Å². The maximum atomic E-state index is 11.5. The summed E-state index contributed by atoms with van der Waals surface area (Å²) in [5.41, 5.74) is 0. The molecule has 0 aromatic heterocycles. The molecule has 8 heteroatoms. The minimum Gasteiger partial charge on any atom is -0.489 e. The van der Waals surface area contributed by atoms with Gasteiger partial charge in [0.2, 0.25) is 5.91 Å². The minimum absolute atomic E-state index is 0. The number of carbonyl (C=O) groups is 1. The van der Waals surface area contributed by atoms with Gasteiger partial charge in [-0.15, -0.1) is 24.0 Å². The Bertz CT molecular complexity index is 621. The fourth-order valence-electron chi connectivity index (χ4n) is 3.09. The first-order chi connectivity index (χ1) is 12.5. The molecule has 1 aromatic rings. The van der Waals surface area contributed by atoms with E-state index in [1.165, 1.54) is 0 Å². The summed E-state index contributed by atoms with van der Waals surface area (Å²) >= 11 is 5.99. The number of halogens is 2. The van der Waals surface area contributed by atoms with Gasteiger partial charge in [-0.05, 0) is 43.9 Å². The molecule has 1 saturated heterocycles. The van der Waals surface area contributed by atoms with Crippen LogP contribution in [0.2, 0.25) is 5.02 Å². The molecule has 0 radical (unpaired) electrons. The van der Waals surface area contributed by atoms with Crippen molar-refractivity contribution in [1.82, 2.24) is 15.5 Å². The SMILES string of the molecule is CN=C(NCC(C)Oc1cccc(Cl)c1)N1CCC(CC(=O)NC)CC1.I. The third kappa shape index (κ3) is 8.13. The van der Waals surface area contributed by atoms with Crippen molar-refractivity contribution in [3.05, 3.63) is 29.3 Å². The van der Waals surface area contributed by atoms with Gasteiger partial charge in [0.25, 0.3) is 0 Å². The van der Waals surface area contributed by atoms with E-state index < -0.39 is 0 Å². The highest BCUT2D eigenvalue weighted by molar-refractivity contribution is 14.0. The standard InChI is InChI=1S/C19H29ClN4O2.HI/c1-14(26-17-6-4-5-16(20)12-17)13-23-19(22-3)24-9-7-15(8-10-24)11-18(25)21-2;/h4-6,12,14-15H,7-11,13H2,1-3H3,(H,21,25)(H,22,23);1H. The summed E-state index contributed by atoms with van der Waals surface area (Å²) in [6.07, 6.45) is 2.60. The summed E-state index contributed by atoms with van der Waals surface area (Å²) < 4.78 is 5.89. The van der Waals surface area contributed by atoms with E-state index in [0.29, 0.717) is 23.9 Å². The number of carbonyl (C=O) groups excluding carboxylic acids is 1. The van der Waals surface area contributed by atoms with Crippen LogP contribution in [-0.4, -0.2) is 56.6 Å². The molecule has 152 valence electrons. The molecule has 6 nitrogen and oxygen atoms in total. The first-order valence-corrected chi connectivity index (χ1v) is 9.48. The maximum absolute atomic E-state index is 11.5. The van der Waals surface area contributed by atoms with E-state index in [2.05, 4.69) is 20.5 Å². The molecule has 1 aromatic carbocycles. The molecule has 1 heterocycles. The second-order valence-corrected chi connectivity index (χ2v) is 7.06. The number of piperidine rings is 1. The van der Waals surface area contributed by atoms with E-state index in [9.17, 15) is 4.79 Å². The van der Waals surface area contributed by atoms with Gasteiger partial charge in [0.1, 0.15) is 11.9 Å². The highest BCUT2D eigenvalue weighted by Gasteiger charge is 2.23. The predicted octanol–water partition coefficient (Wildman–Crippen LogP) is 3.15. The molecular formula is C19H30ClIN4O2. The zero-order valence-electron chi connectivity index (χ0n) is 16.2. The van der Waals surface area contributed by atoms with Crippen LogP contribution in [0.1, 0.15) is 26.2 Å². The molecule has 27 heavy (non-hydrogen) atoms. The normalized spacial score (nSPS) is 16.3. The molecule has 1 aliphatic heterocycles. The van der Waals surface area contributed by atoms with Crippen molar-refractivity contribution in [1.29, 1.82) is 0 Å². The summed E-state index contributed by atoms with van der Waals surface area (Å²) in [4.78, 5) is 18.1. The van der Waals surface area contributed by atoms with Crippen LogP contribution in [0.5, 0.6) is 5.75 Å². The fraction of sp³-hybridized carbons (Fsp3) is 0.579. The first kappa shape index (κ1) is 23.8. The average Bonchev–Trinajstić information content (AvgIpc) is 2.63. The van der Waals surface area contributed by atoms with Crippen molar-refractivity contribution >= 4 is 47.4 Å². The van der Waals surface area contributed by atoms with Crippen molar-refractivity contribution in [3.8, 4) is 5.75 Å². The summed E-state index contributed by atoms with van der Waals surface area (Å²) in [6.45, 7) is 4.48. The molecule has 1 fully saturated rings. The summed E-state index contributed by atoms with van der Waals surface area (Å²) in [7, 11) is 3.48. The molecule has 2 N–H and O–H groups in total. The van der Waals surface area contributed by atoms with E-state index in [1.807, 2.05) is 31.2 Å². The van der Waals surface area contributed by atoms with Crippen LogP contribution in [0.15, 0.2) is 29.3 Å². The maximum Gasteiger partial charge on any atom is 0.220 e. The molecule has 0 bridgehead atoms. The van der Waals surface area contributed by atoms with Gasteiger partial charge in [0.05, 0.1) is 6.54 Å². The van der Waals surface area contributed by atoms with Crippen molar-refractivity contribution in [2.24, 2.45) is 10.9 Å². The van der Waals surface area contributed by atoms with Gasteiger partial charge < -0.3 is 20.3 Å². The Morgan fingerprint density at radius 1 is 1.41 bits per heavy atom. The number of ether oxygens (including phenoxy) is 1. The quantitative estimate of drug-likeness (QED) is 0.352. The van der Waals surface area contributed by atoms with Crippen LogP contribution in [0.4, 0.5) is 0 Å². The van der Waals surface area contributed by atoms with Gasteiger partial charge in [-0.1, -0.05) is 17.7 Å². The Hall–Kier alpha value is -1.22. The van der Waals surface area contributed by atoms with Crippen molar-refractivity contribution in [2.45, 2.75) is 32.3 Å². The van der Waals surface area contributed by atoms with E-state index in [0.717, 1.165) is 37.6 Å². The molecule has 1 aliphatic rings. The number of hydrogen-bond acceptors (Lipinski definition) is 3. The lowest BCUT2D eigenvalue weighted by molar-refractivity contribution is -0.121. The van der Waals surface area contributed by atoms with Crippen molar-refractivity contribution < 1.29 is 9.53 Å². The van der Waals surface area contributed by atoms with Crippen LogP contribution < -0.4 is 15.4 Å². The summed E-state index contributed by atoms with van der Waals surface area (Å²) in [5, 5.41) is 6.75. The van der Waals surface area contributed by atoms with Gasteiger partial charge in [-0.2, -0.15) is 0 Å². The monoisotopic (exact) mass is 508 g/mol. The van der Waals surface area contributed by atoms with Gasteiger partial charge in [0.15, 0.2) is 5.96 Å². The number of benzene rings is 1. The fourth-order valence-corrected chi connectivity index (χ4v) is 3.27. The predicted molar refractivity (Wildman–Crippen MR) is 121 cm³/mol. The third-order valence-corrected chi connectivity index (χ3v) is 4.79. The number of guanidine groups is 1. The van der Waals surface area contributed by atoms with Gasteiger partial charge in [-0.25, -0.2) is 0 Å². The number of aliphatic imine (C=N–C) groups is 1. The molecule has 1 atom stereocenters. The first-order valence-electron chi connectivity index (χ1n) is 9.10. The zero-order valence-corrected chi connectivity index (χ0v) is 19.3. The lowest BCUT2D eigenvalue weighted by Gasteiger charge is -2.34. The van der Waals surface area contributed by atoms with Crippen LogP contribution in [0.25, 0.3) is 0 Å². The third-order valence-electron chi connectivity index (χ3n) is 4.56. The Labute approximate surface area is 184 Å². The van der Waals surface area contributed by atoms with Gasteiger partial charge >= 0.3 is 0 Å². The Morgan fingerprint density at radius 2 is 2.11 bits per heavy atom. The van der Waals surface area contributed by atoms with Crippen molar-refractivity contribution in [3.63, 3.8) is 0 Å². The van der Waals surface area contributed by atoms with Crippen molar-refractivity contribution in [2.75, 3.05) is 33.7 Å². The highest BCUT2D eigenvalue weighted by Crippen LogP contribution is 2.21. The van der Waals surface area contributed by atoms with Crippen LogP contribution in [0, 0.1) is 5.92 Å². The van der Waals surface area contributed by atoms with Gasteiger partial charge in [-0.3, -0.25) is 9.79 Å². The molecule has 0 aliphatic carbocycles. The summed E-state index contributed by atoms with van der Waals surface area (Å²) in [6, 6.07) is 7.41. The van der Waals surface area contributed by atoms with E-state index in [4.69, 9.17) is 16.3 Å². The molecule has 1 amide bonds. The highest BCUT2D eigenvalue weighted by atomic mass is 127. The Kier molecular flexibility index (Phi) is 10.8. The number of hydrogen-bond donors (Lipinski definition) is 2. The number of nitrogens with one attached hydrogen (secondary N) is 2. The Morgan fingerprint density at radius 3 is 2.70 bits per heavy atom. The molecule has 0 spiro atoms. The van der Waals surface area contributed by atoms with Crippen LogP contribution >= 0.6 is 35.6 Å². The van der Waals surface area contributed by atoms with E-state index >= 15 is 0 Å². The minimum atomic E-state index is -0.0176. The number of amides is 1. The molecular weight excluding hydrogens is 479 g/mol. The molecule has 2 rings (SSSR count). The lowest BCUT2D eigenvalue weighted by Crippen LogP contribution is -2.48. The largest absolute Gasteiger partial charge is 0.489 e. The van der Waals surface area contributed by atoms with E-state index in [-0.39, 0.29) is 36.0 Å². The lowest BCUT2D eigenvalue weighted by atomic mass is 9.93. The average molecular weight is 509 g/mol. The summed E-state index contributed by atoms with van der Waals surface area (Å²) in [5.74, 6) is 2.22. The smallest absolute Gasteiger partial charge is 0.220 e. The Balaban J connectivity index is 0.00000364. The van der Waals surface area contributed by atoms with Gasteiger partial charge in [0, 0.05) is 38.6 Å². The molecule has 0 saturated carbocycles. The second kappa shape index (κ2) is 12.3. The number of nitrogens with zero attached hydrogens (tertiary/aromatic N) is 2. The second-order valence-electron chi connectivity index (χ2n) is 6.62. The number of rotatable bonds is 6. The van der Waals surface area contributed by atoms with E-state index in [1.54, 1.807) is 14.1 Å². The number of likely N-dealkylation sites (tertiary alicyclic amines) is 1. The van der Waals surface area contributed by atoms with Crippen LogP contribution in [0.3, 0.4) is 0 Å².